The van der Waals surface area contributed by atoms with Gasteiger partial charge in [0, 0.05) is 0 Å². The molecule has 2 aliphatic heterocycles. The van der Waals surface area contributed by atoms with Gasteiger partial charge in [0.25, 0.3) is 0 Å². The van der Waals surface area contributed by atoms with Crippen LogP contribution in [-0.4, -0.2) is 23.9 Å². The van der Waals surface area contributed by atoms with E-state index in [9.17, 15) is 19.2 Å². The Kier molecular flexibility index (Phi) is 3.61. The van der Waals surface area contributed by atoms with Crippen LogP contribution in [-0.2, 0) is 38.7 Å². The van der Waals surface area contributed by atoms with E-state index in [1.54, 1.807) is 0 Å². The van der Waals surface area contributed by atoms with Gasteiger partial charge in [-0.2, -0.15) is 0 Å². The van der Waals surface area contributed by atoms with Crippen molar-refractivity contribution in [3.05, 3.63) is 0 Å². The van der Waals surface area contributed by atoms with E-state index in [-0.39, 0.29) is 19.3 Å². The molecule has 0 N–H and O–H groups in total. The van der Waals surface area contributed by atoms with Gasteiger partial charge in [0.05, 0.1) is 12.8 Å². The molecule has 0 spiro atoms. The topological polar surface area (TPSA) is 105 Å². The predicted octanol–water partition coefficient (Wildman–Crippen LogP) is -0.827. The smallest absolute Gasteiger partial charge is 0.247 e. The quantitative estimate of drug-likeness (QED) is 0.383. The molecule has 0 saturated carbocycles. The summed E-state index contributed by atoms with van der Waals surface area (Å²) in [6.07, 6.45) is 0.0255. The van der Waals surface area contributed by atoms with Crippen molar-refractivity contribution in [3.63, 3.8) is 0 Å². The van der Waals surface area contributed by atoms with E-state index >= 15 is 0 Å². The molecule has 0 amide bonds. The van der Waals surface area contributed by atoms with Crippen molar-refractivity contribution in [2.24, 2.45) is 0 Å². The minimum absolute atomic E-state index is 0.138. The van der Waals surface area contributed by atoms with Crippen LogP contribution < -0.4 is 0 Å². The van der Waals surface area contributed by atoms with Crippen molar-refractivity contribution in [1.82, 2.24) is 0 Å². The Morgan fingerprint density at radius 3 is 1.13 bits per heavy atom. The van der Waals surface area contributed by atoms with Crippen molar-refractivity contribution in [2.45, 2.75) is 19.3 Å². The molecular weight excluding hydrogens is 212 g/mol. The lowest BCUT2D eigenvalue weighted by molar-refractivity contribution is -0.267. The Labute approximate surface area is 82.9 Å². The molecule has 0 aromatic rings. The van der Waals surface area contributed by atoms with Gasteiger partial charge in [-0.25, -0.2) is 38.7 Å². The fraction of sp³-hybridized carbons (Fsp3) is 0.429. The fourth-order valence-electron chi connectivity index (χ4n) is 0.650. The average Bonchev–Trinajstić information content (AvgIpc) is 2.56. The van der Waals surface area contributed by atoms with Crippen LogP contribution in [0.15, 0.2) is 0 Å². The standard InChI is InChI=1S/C4H4O4.C3H2O4/c5-3-1-2-4(6)8-7-3;4-2-1-3(5)7-6-2/h1-2H2;1H2. The molecule has 15 heavy (non-hydrogen) atoms. The van der Waals surface area contributed by atoms with Gasteiger partial charge in [-0.15, -0.1) is 0 Å². The van der Waals surface area contributed by atoms with Crippen LogP contribution in [0.5, 0.6) is 0 Å². The van der Waals surface area contributed by atoms with Crippen LogP contribution in [0.1, 0.15) is 19.3 Å². The Hall–Kier alpha value is -2.12. The molecule has 0 aliphatic carbocycles. The number of hydrogen-bond acceptors (Lipinski definition) is 8. The number of hydrogen-bond donors (Lipinski definition) is 0. The highest BCUT2D eigenvalue weighted by atomic mass is 17.2. The second kappa shape index (κ2) is 4.94. The molecule has 2 rings (SSSR count). The zero-order valence-corrected chi connectivity index (χ0v) is 7.39. The predicted molar refractivity (Wildman–Crippen MR) is 38.2 cm³/mol. The summed E-state index contributed by atoms with van der Waals surface area (Å²) in [5, 5.41) is 0. The van der Waals surface area contributed by atoms with Crippen molar-refractivity contribution < 1.29 is 38.7 Å². The third-order valence-electron chi connectivity index (χ3n) is 1.28. The second-order valence-electron chi connectivity index (χ2n) is 2.50. The number of rotatable bonds is 0. The molecule has 8 nitrogen and oxygen atoms in total. The first-order valence-corrected chi connectivity index (χ1v) is 3.88. The molecule has 2 heterocycles. The summed E-state index contributed by atoms with van der Waals surface area (Å²) in [5.41, 5.74) is 0. The number of carbonyl (C=O) groups excluding carboxylic acids is 4. The Morgan fingerprint density at radius 1 is 0.600 bits per heavy atom. The summed E-state index contributed by atoms with van der Waals surface area (Å²) in [6, 6.07) is 0. The van der Waals surface area contributed by atoms with Gasteiger partial charge in [0.2, 0.25) is 0 Å². The van der Waals surface area contributed by atoms with Gasteiger partial charge in [-0.3, -0.25) is 0 Å². The van der Waals surface area contributed by atoms with Crippen LogP contribution in [0.4, 0.5) is 0 Å². The lowest BCUT2D eigenvalue weighted by atomic mass is 10.3. The largest absolute Gasteiger partial charge is 0.366 e. The highest BCUT2D eigenvalue weighted by Crippen LogP contribution is 2.02. The van der Waals surface area contributed by atoms with Gasteiger partial charge < -0.3 is 0 Å². The van der Waals surface area contributed by atoms with E-state index in [1.807, 2.05) is 0 Å². The zero-order chi connectivity index (χ0) is 11.3. The van der Waals surface area contributed by atoms with Gasteiger partial charge in [0.1, 0.15) is 0 Å². The van der Waals surface area contributed by atoms with Crippen molar-refractivity contribution >= 4 is 23.9 Å². The van der Waals surface area contributed by atoms with Crippen LogP contribution >= 0.6 is 0 Å². The molecule has 0 radical (unpaired) electrons. The lowest BCUT2D eigenvalue weighted by Gasteiger charge is -2.05. The van der Waals surface area contributed by atoms with Crippen LogP contribution in [0, 0.1) is 0 Å². The average molecular weight is 218 g/mol. The van der Waals surface area contributed by atoms with E-state index in [0.717, 1.165) is 0 Å². The van der Waals surface area contributed by atoms with E-state index in [1.165, 1.54) is 0 Å². The summed E-state index contributed by atoms with van der Waals surface area (Å²) in [4.78, 5) is 55.3. The van der Waals surface area contributed by atoms with Gasteiger partial charge in [0.15, 0.2) is 6.42 Å². The SMILES string of the molecule is O=C1CC(=O)OO1.O=C1CCC(=O)OO1. The summed E-state index contributed by atoms with van der Waals surface area (Å²) in [7, 11) is 0. The van der Waals surface area contributed by atoms with Crippen molar-refractivity contribution in [3.8, 4) is 0 Å². The lowest BCUT2D eigenvalue weighted by Crippen LogP contribution is -2.18. The van der Waals surface area contributed by atoms with Gasteiger partial charge >= 0.3 is 23.9 Å². The highest BCUT2D eigenvalue weighted by molar-refractivity contribution is 5.94. The van der Waals surface area contributed by atoms with E-state index in [4.69, 9.17) is 0 Å². The first kappa shape index (κ1) is 11.0. The van der Waals surface area contributed by atoms with E-state index in [2.05, 4.69) is 19.6 Å². The Morgan fingerprint density at radius 2 is 0.933 bits per heavy atom. The molecule has 82 valence electrons. The van der Waals surface area contributed by atoms with Gasteiger partial charge in [-0.1, -0.05) is 0 Å². The Bertz CT molecular complexity index is 264. The third-order valence-corrected chi connectivity index (χ3v) is 1.28. The summed E-state index contributed by atoms with van der Waals surface area (Å²) < 4.78 is 0. The third kappa shape index (κ3) is 4.07. The monoisotopic (exact) mass is 218 g/mol. The zero-order valence-electron chi connectivity index (χ0n) is 7.39. The molecular formula is C7H6O8. The normalized spacial score (nSPS) is 19.2. The molecule has 0 aromatic heterocycles. The summed E-state index contributed by atoms with van der Waals surface area (Å²) >= 11 is 0. The maximum Gasteiger partial charge on any atom is 0.366 e. The first-order chi connectivity index (χ1) is 7.08. The summed E-state index contributed by atoms with van der Waals surface area (Å²) in [6.45, 7) is 0. The molecule has 2 fully saturated rings. The minimum Gasteiger partial charge on any atom is -0.247 e. The molecule has 0 aromatic carbocycles. The van der Waals surface area contributed by atoms with Crippen LogP contribution in [0.25, 0.3) is 0 Å². The maximum atomic E-state index is 10.1. The maximum absolute atomic E-state index is 10.1. The molecule has 0 atom stereocenters. The molecule has 8 heteroatoms. The summed E-state index contributed by atoms with van der Waals surface area (Å²) in [5.74, 6) is -2.20. The van der Waals surface area contributed by atoms with Crippen molar-refractivity contribution in [2.75, 3.05) is 0 Å². The fourth-order valence-corrected chi connectivity index (χ4v) is 0.650. The number of carbonyl (C=O) groups is 4. The first-order valence-electron chi connectivity index (χ1n) is 3.88. The van der Waals surface area contributed by atoms with Crippen LogP contribution in [0.3, 0.4) is 0 Å². The van der Waals surface area contributed by atoms with E-state index in [0.29, 0.717) is 0 Å². The van der Waals surface area contributed by atoms with Gasteiger partial charge in [-0.05, 0) is 0 Å². The molecule has 0 unspecified atom stereocenters. The van der Waals surface area contributed by atoms with E-state index < -0.39 is 23.9 Å². The minimum atomic E-state index is -0.620. The molecule has 2 aliphatic rings. The molecule has 0 bridgehead atoms. The molecule has 2 saturated heterocycles. The Balaban J connectivity index is 0.000000151. The highest BCUT2D eigenvalue weighted by Gasteiger charge is 2.22. The van der Waals surface area contributed by atoms with Crippen LogP contribution in [0.2, 0.25) is 0 Å². The second-order valence-corrected chi connectivity index (χ2v) is 2.50. The van der Waals surface area contributed by atoms with Crippen molar-refractivity contribution in [1.29, 1.82) is 0 Å².